The van der Waals surface area contributed by atoms with Gasteiger partial charge in [-0.3, -0.25) is 4.90 Å². The number of likely N-dealkylation sites (tertiary alicyclic amines) is 1. The number of hydrogen-bond donors (Lipinski definition) is 1. The van der Waals surface area contributed by atoms with Crippen molar-refractivity contribution in [2.24, 2.45) is 11.7 Å². The van der Waals surface area contributed by atoms with E-state index < -0.39 is 0 Å². The lowest BCUT2D eigenvalue weighted by Gasteiger charge is -2.34. The molecule has 1 fully saturated rings. The van der Waals surface area contributed by atoms with Gasteiger partial charge in [-0.2, -0.15) is 0 Å². The van der Waals surface area contributed by atoms with E-state index in [-0.39, 0.29) is 0 Å². The van der Waals surface area contributed by atoms with Gasteiger partial charge in [0.05, 0.1) is 10.7 Å². The highest BCUT2D eigenvalue weighted by Gasteiger charge is 2.23. The molecular weight excluding hydrogens is 218 g/mol. The third-order valence-electron chi connectivity index (χ3n) is 3.39. The Hall–Kier alpha value is -0.450. The largest absolute Gasteiger partial charge is 0.326 e. The smallest absolute Gasteiger partial charge is 0.0926 e. The molecule has 2 heterocycles. The number of aryl methyl sites for hydroxylation is 1. The zero-order valence-corrected chi connectivity index (χ0v) is 11.0. The Kier molecular flexibility index (Phi) is 3.95. The van der Waals surface area contributed by atoms with Crippen LogP contribution < -0.4 is 5.73 Å². The van der Waals surface area contributed by atoms with Crippen molar-refractivity contribution in [2.75, 3.05) is 13.1 Å². The Morgan fingerprint density at radius 2 is 2.44 bits per heavy atom. The zero-order chi connectivity index (χ0) is 11.5. The molecule has 3 nitrogen and oxygen atoms in total. The first-order valence-corrected chi connectivity index (χ1v) is 6.98. The normalized spacial score (nSPS) is 27.2. The van der Waals surface area contributed by atoms with Crippen molar-refractivity contribution < 1.29 is 0 Å². The first-order chi connectivity index (χ1) is 7.69. The van der Waals surface area contributed by atoms with Crippen molar-refractivity contribution in [1.82, 2.24) is 9.88 Å². The van der Waals surface area contributed by atoms with Crippen LogP contribution in [-0.4, -0.2) is 29.0 Å². The minimum atomic E-state index is 0.332. The van der Waals surface area contributed by atoms with Crippen molar-refractivity contribution in [3.63, 3.8) is 0 Å². The van der Waals surface area contributed by atoms with Crippen molar-refractivity contribution in [3.8, 4) is 0 Å². The van der Waals surface area contributed by atoms with E-state index >= 15 is 0 Å². The summed E-state index contributed by atoms with van der Waals surface area (Å²) < 4.78 is 0. The second-order valence-electron chi connectivity index (χ2n) is 4.75. The maximum Gasteiger partial charge on any atom is 0.0926 e. The molecule has 1 aromatic heterocycles. The van der Waals surface area contributed by atoms with Crippen LogP contribution in [0.1, 0.15) is 31.0 Å². The summed E-state index contributed by atoms with van der Waals surface area (Å²) in [5.74, 6) is 0.665. The van der Waals surface area contributed by atoms with Gasteiger partial charge < -0.3 is 5.73 Å². The van der Waals surface area contributed by atoms with Crippen LogP contribution in [0.5, 0.6) is 0 Å². The molecule has 1 aromatic rings. The average Bonchev–Trinajstić information content (AvgIpc) is 2.71. The second kappa shape index (κ2) is 5.25. The minimum absolute atomic E-state index is 0.332. The quantitative estimate of drug-likeness (QED) is 0.875. The van der Waals surface area contributed by atoms with Gasteiger partial charge in [0, 0.05) is 24.5 Å². The molecule has 0 aromatic carbocycles. The Bertz CT molecular complexity index is 337. The van der Waals surface area contributed by atoms with E-state index in [9.17, 15) is 0 Å². The van der Waals surface area contributed by atoms with Crippen LogP contribution in [-0.2, 0) is 13.0 Å². The molecule has 0 radical (unpaired) electrons. The van der Waals surface area contributed by atoms with Gasteiger partial charge in [0.2, 0.25) is 0 Å². The maximum absolute atomic E-state index is 6.09. The predicted molar refractivity (Wildman–Crippen MR) is 68.5 cm³/mol. The van der Waals surface area contributed by atoms with E-state index in [0.29, 0.717) is 12.0 Å². The van der Waals surface area contributed by atoms with Crippen molar-refractivity contribution >= 4 is 11.3 Å². The third-order valence-corrected chi connectivity index (χ3v) is 4.43. The lowest BCUT2D eigenvalue weighted by Crippen LogP contribution is -2.47. The average molecular weight is 239 g/mol. The summed E-state index contributed by atoms with van der Waals surface area (Å²) in [6.07, 6.45) is 2.26. The molecule has 2 N–H and O–H groups in total. The summed E-state index contributed by atoms with van der Waals surface area (Å²) in [5.41, 5.74) is 7.31. The molecule has 4 heteroatoms. The van der Waals surface area contributed by atoms with E-state index in [4.69, 9.17) is 5.73 Å². The first kappa shape index (κ1) is 12.0. The number of nitrogens with two attached hydrogens (primary N) is 1. The van der Waals surface area contributed by atoms with Gasteiger partial charge in [-0.25, -0.2) is 4.98 Å². The monoisotopic (exact) mass is 239 g/mol. The van der Waals surface area contributed by atoms with Gasteiger partial charge in [-0.05, 0) is 25.3 Å². The fraction of sp³-hybridized carbons (Fsp3) is 0.750. The Morgan fingerprint density at radius 1 is 1.62 bits per heavy atom. The summed E-state index contributed by atoms with van der Waals surface area (Å²) in [5, 5.41) is 3.42. The van der Waals surface area contributed by atoms with Crippen molar-refractivity contribution in [3.05, 3.63) is 16.1 Å². The van der Waals surface area contributed by atoms with Crippen LogP contribution in [0, 0.1) is 5.92 Å². The van der Waals surface area contributed by atoms with Gasteiger partial charge >= 0.3 is 0 Å². The molecule has 2 unspecified atom stereocenters. The SMILES string of the molecule is CCc1nc(CN2CCC(C)C(N)C2)cs1. The highest BCUT2D eigenvalue weighted by atomic mass is 32.1. The molecule has 16 heavy (non-hydrogen) atoms. The molecular formula is C12H21N3S. The molecule has 0 saturated carbocycles. The van der Waals surface area contributed by atoms with Crippen molar-refractivity contribution in [2.45, 2.75) is 39.3 Å². The first-order valence-electron chi connectivity index (χ1n) is 6.10. The molecule has 0 amide bonds. The molecule has 90 valence electrons. The highest BCUT2D eigenvalue weighted by Crippen LogP contribution is 2.18. The standard InChI is InChI=1S/C12H21N3S/c1-3-12-14-10(8-16-12)6-15-5-4-9(2)11(13)7-15/h8-9,11H,3-7,13H2,1-2H3. The van der Waals surface area contributed by atoms with E-state index in [0.717, 1.165) is 26.1 Å². The van der Waals surface area contributed by atoms with Gasteiger partial charge in [-0.15, -0.1) is 11.3 Å². The predicted octanol–water partition coefficient (Wildman–Crippen LogP) is 1.87. The van der Waals surface area contributed by atoms with Gasteiger partial charge in [-0.1, -0.05) is 13.8 Å². The van der Waals surface area contributed by atoms with Crippen LogP contribution in [0.25, 0.3) is 0 Å². The summed E-state index contributed by atoms with van der Waals surface area (Å²) in [4.78, 5) is 7.03. The third kappa shape index (κ3) is 2.81. The van der Waals surface area contributed by atoms with Crippen LogP contribution >= 0.6 is 11.3 Å². The van der Waals surface area contributed by atoms with Crippen LogP contribution in [0.2, 0.25) is 0 Å². The highest BCUT2D eigenvalue weighted by molar-refractivity contribution is 7.09. The fourth-order valence-electron chi connectivity index (χ4n) is 2.13. The summed E-state index contributed by atoms with van der Waals surface area (Å²) in [6.45, 7) is 7.55. The minimum Gasteiger partial charge on any atom is -0.326 e. The Morgan fingerprint density at radius 3 is 3.06 bits per heavy atom. The zero-order valence-electron chi connectivity index (χ0n) is 10.1. The van der Waals surface area contributed by atoms with Crippen LogP contribution in [0.4, 0.5) is 0 Å². The molecule has 1 saturated heterocycles. The molecule has 0 spiro atoms. The number of nitrogens with zero attached hydrogens (tertiary/aromatic N) is 2. The van der Waals surface area contributed by atoms with E-state index in [1.54, 1.807) is 11.3 Å². The summed E-state index contributed by atoms with van der Waals surface area (Å²) in [7, 11) is 0. The van der Waals surface area contributed by atoms with Crippen LogP contribution in [0.15, 0.2) is 5.38 Å². The van der Waals surface area contributed by atoms with Gasteiger partial charge in [0.1, 0.15) is 0 Å². The summed E-state index contributed by atoms with van der Waals surface area (Å²) in [6, 6.07) is 0.332. The topological polar surface area (TPSA) is 42.2 Å². The van der Waals surface area contributed by atoms with E-state index in [2.05, 4.69) is 29.1 Å². The van der Waals surface area contributed by atoms with Crippen molar-refractivity contribution in [1.29, 1.82) is 0 Å². The van der Waals surface area contributed by atoms with E-state index in [1.807, 2.05) is 0 Å². The molecule has 2 rings (SSSR count). The van der Waals surface area contributed by atoms with Gasteiger partial charge in [0.15, 0.2) is 0 Å². The maximum atomic E-state index is 6.09. The molecule has 0 bridgehead atoms. The summed E-state index contributed by atoms with van der Waals surface area (Å²) >= 11 is 1.77. The number of thiazole rings is 1. The Labute approximate surface area is 102 Å². The molecule has 1 aliphatic heterocycles. The number of piperidine rings is 1. The molecule has 0 aliphatic carbocycles. The molecule has 1 aliphatic rings. The number of rotatable bonds is 3. The number of aromatic nitrogens is 1. The second-order valence-corrected chi connectivity index (χ2v) is 5.69. The number of hydrogen-bond acceptors (Lipinski definition) is 4. The van der Waals surface area contributed by atoms with Crippen LogP contribution in [0.3, 0.4) is 0 Å². The lowest BCUT2D eigenvalue weighted by atomic mass is 9.94. The lowest BCUT2D eigenvalue weighted by molar-refractivity contribution is 0.161. The fourth-order valence-corrected chi connectivity index (χ4v) is 2.86. The molecule has 2 atom stereocenters. The van der Waals surface area contributed by atoms with Gasteiger partial charge in [0.25, 0.3) is 0 Å². The van der Waals surface area contributed by atoms with E-state index in [1.165, 1.54) is 17.1 Å². The Balaban J connectivity index is 1.90.